The Kier molecular flexibility index (Phi) is 2.87. The molecule has 1 aromatic heterocycles. The minimum atomic E-state index is -0.206. The molecule has 76 valence electrons. The molecule has 1 atom stereocenters. The summed E-state index contributed by atoms with van der Waals surface area (Å²) < 4.78 is 0.950. The summed E-state index contributed by atoms with van der Waals surface area (Å²) in [6, 6.07) is 1.95. The zero-order chi connectivity index (χ0) is 10.1. The molecule has 0 amide bonds. The Labute approximate surface area is 96.5 Å². The minimum absolute atomic E-state index is 0.206. The van der Waals surface area contributed by atoms with Crippen molar-refractivity contribution in [3.63, 3.8) is 0 Å². The molecule has 1 N–H and O–H groups in total. The quantitative estimate of drug-likeness (QED) is 0.620. The number of hydrogen-bond donors (Lipinski definition) is 1. The summed E-state index contributed by atoms with van der Waals surface area (Å²) in [7, 11) is 0. The molecular formula is C9H12IN3O. The molecule has 0 saturated carbocycles. The van der Waals surface area contributed by atoms with Crippen LogP contribution >= 0.6 is 22.6 Å². The highest BCUT2D eigenvalue weighted by molar-refractivity contribution is 14.1. The van der Waals surface area contributed by atoms with E-state index in [0.29, 0.717) is 6.54 Å². The normalized spacial score (nSPS) is 21.6. The predicted molar refractivity (Wildman–Crippen MR) is 62.3 cm³/mol. The highest BCUT2D eigenvalue weighted by Gasteiger charge is 2.21. The van der Waals surface area contributed by atoms with E-state index in [1.54, 1.807) is 0 Å². The Hall–Kier alpha value is -0.430. The molecule has 1 aliphatic rings. The van der Waals surface area contributed by atoms with Gasteiger partial charge >= 0.3 is 0 Å². The Morgan fingerprint density at radius 3 is 2.93 bits per heavy atom. The van der Waals surface area contributed by atoms with Gasteiger partial charge in [-0.25, -0.2) is 9.97 Å². The molecule has 0 spiro atoms. The number of aryl methyl sites for hydroxylation is 1. The van der Waals surface area contributed by atoms with Crippen molar-refractivity contribution < 1.29 is 5.11 Å². The van der Waals surface area contributed by atoms with Crippen LogP contribution in [0.2, 0.25) is 0 Å². The number of rotatable bonds is 1. The lowest BCUT2D eigenvalue weighted by Crippen LogP contribution is -2.22. The average molecular weight is 305 g/mol. The number of halogens is 1. The van der Waals surface area contributed by atoms with E-state index in [1.165, 1.54) is 0 Å². The van der Waals surface area contributed by atoms with Crippen molar-refractivity contribution in [3.05, 3.63) is 15.6 Å². The Morgan fingerprint density at radius 2 is 2.36 bits per heavy atom. The fourth-order valence-corrected chi connectivity index (χ4v) is 2.26. The van der Waals surface area contributed by atoms with E-state index in [4.69, 9.17) is 0 Å². The first kappa shape index (κ1) is 10.1. The van der Waals surface area contributed by atoms with Crippen LogP contribution in [0.1, 0.15) is 12.2 Å². The maximum Gasteiger partial charge on any atom is 0.133 e. The molecule has 2 rings (SSSR count). The molecule has 0 aliphatic carbocycles. The Balaban J connectivity index is 2.23. The summed E-state index contributed by atoms with van der Waals surface area (Å²) >= 11 is 2.18. The van der Waals surface area contributed by atoms with Gasteiger partial charge in [0.1, 0.15) is 15.3 Å². The summed E-state index contributed by atoms with van der Waals surface area (Å²) in [4.78, 5) is 10.7. The molecule has 4 nitrogen and oxygen atoms in total. The highest BCUT2D eigenvalue weighted by Crippen LogP contribution is 2.19. The van der Waals surface area contributed by atoms with Crippen molar-refractivity contribution in [2.45, 2.75) is 19.4 Å². The number of aliphatic hydroxyl groups excluding tert-OH is 1. The molecule has 1 aromatic rings. The van der Waals surface area contributed by atoms with Gasteiger partial charge in [0.2, 0.25) is 0 Å². The summed E-state index contributed by atoms with van der Waals surface area (Å²) in [6.07, 6.45) is 0.627. The van der Waals surface area contributed by atoms with Crippen molar-refractivity contribution in [1.82, 2.24) is 9.97 Å². The van der Waals surface area contributed by atoms with Gasteiger partial charge in [0, 0.05) is 19.2 Å². The lowest BCUT2D eigenvalue weighted by molar-refractivity contribution is 0.198. The Bertz CT molecular complexity index is 325. The number of hydrogen-bond acceptors (Lipinski definition) is 4. The maximum absolute atomic E-state index is 9.41. The van der Waals surface area contributed by atoms with Gasteiger partial charge in [0.25, 0.3) is 0 Å². The smallest absolute Gasteiger partial charge is 0.133 e. The molecule has 1 saturated heterocycles. The van der Waals surface area contributed by atoms with Gasteiger partial charge in [-0.05, 0) is 35.9 Å². The van der Waals surface area contributed by atoms with Gasteiger partial charge in [-0.2, -0.15) is 0 Å². The maximum atomic E-state index is 9.41. The molecule has 5 heteroatoms. The third kappa shape index (κ3) is 2.14. The number of aliphatic hydroxyl groups is 1. The molecule has 0 unspecified atom stereocenters. The van der Waals surface area contributed by atoms with Gasteiger partial charge in [0.05, 0.1) is 6.10 Å². The third-order valence-electron chi connectivity index (χ3n) is 2.28. The van der Waals surface area contributed by atoms with Gasteiger partial charge < -0.3 is 10.0 Å². The Morgan fingerprint density at radius 1 is 1.57 bits per heavy atom. The number of aromatic nitrogens is 2. The van der Waals surface area contributed by atoms with E-state index < -0.39 is 0 Å². The molecule has 1 aliphatic heterocycles. The van der Waals surface area contributed by atoms with Crippen LogP contribution in [-0.4, -0.2) is 34.3 Å². The summed E-state index contributed by atoms with van der Waals surface area (Å²) in [6.45, 7) is 3.46. The summed E-state index contributed by atoms with van der Waals surface area (Å²) in [5, 5.41) is 9.41. The third-order valence-corrected chi connectivity index (χ3v) is 2.83. The second kappa shape index (κ2) is 3.98. The second-order valence-corrected chi connectivity index (χ2v) is 4.59. The zero-order valence-corrected chi connectivity index (χ0v) is 10.1. The lowest BCUT2D eigenvalue weighted by atomic mass is 10.3. The number of anilines is 1. The van der Waals surface area contributed by atoms with Crippen molar-refractivity contribution in [2.24, 2.45) is 0 Å². The predicted octanol–water partition coefficient (Wildman–Crippen LogP) is 0.961. The molecule has 2 heterocycles. The van der Waals surface area contributed by atoms with Crippen LogP contribution in [0.4, 0.5) is 5.82 Å². The molecule has 1 fully saturated rings. The first-order valence-electron chi connectivity index (χ1n) is 4.59. The molecule has 14 heavy (non-hydrogen) atoms. The number of nitrogens with zero attached hydrogens (tertiary/aromatic N) is 3. The van der Waals surface area contributed by atoms with Crippen LogP contribution in [0.5, 0.6) is 0 Å². The zero-order valence-electron chi connectivity index (χ0n) is 7.94. The van der Waals surface area contributed by atoms with Crippen LogP contribution in [0, 0.1) is 10.6 Å². The average Bonchev–Trinajstić information content (AvgIpc) is 2.50. The van der Waals surface area contributed by atoms with E-state index >= 15 is 0 Å². The van der Waals surface area contributed by atoms with Crippen molar-refractivity contribution in [3.8, 4) is 0 Å². The van der Waals surface area contributed by atoms with Gasteiger partial charge in [-0.3, -0.25) is 0 Å². The highest BCUT2D eigenvalue weighted by atomic mass is 127. The van der Waals surface area contributed by atoms with Crippen LogP contribution < -0.4 is 4.90 Å². The van der Waals surface area contributed by atoms with Crippen LogP contribution in [-0.2, 0) is 0 Å². The molecular weight excluding hydrogens is 293 g/mol. The first-order chi connectivity index (χ1) is 6.65. The van der Waals surface area contributed by atoms with Gasteiger partial charge in [-0.15, -0.1) is 0 Å². The first-order valence-corrected chi connectivity index (χ1v) is 5.67. The lowest BCUT2D eigenvalue weighted by Gasteiger charge is -2.16. The molecule has 0 bridgehead atoms. The van der Waals surface area contributed by atoms with Crippen LogP contribution in [0.3, 0.4) is 0 Å². The van der Waals surface area contributed by atoms with E-state index in [1.807, 2.05) is 13.0 Å². The fraction of sp³-hybridized carbons (Fsp3) is 0.556. The largest absolute Gasteiger partial charge is 0.391 e. The van der Waals surface area contributed by atoms with Gasteiger partial charge in [0.15, 0.2) is 0 Å². The number of β-amino-alcohol motifs (C(OH)–C–C–N with tert-alkyl or cyclic N) is 1. The van der Waals surface area contributed by atoms with E-state index in [0.717, 1.165) is 28.3 Å². The van der Waals surface area contributed by atoms with Crippen LogP contribution in [0.25, 0.3) is 0 Å². The van der Waals surface area contributed by atoms with Crippen molar-refractivity contribution in [1.29, 1.82) is 0 Å². The monoisotopic (exact) mass is 305 g/mol. The summed E-state index contributed by atoms with van der Waals surface area (Å²) in [5.41, 5.74) is 0. The molecule has 0 aromatic carbocycles. The second-order valence-electron chi connectivity index (χ2n) is 3.48. The molecule has 0 radical (unpaired) electrons. The topological polar surface area (TPSA) is 49.2 Å². The SMILES string of the molecule is Cc1nc(I)cc(N2CC[C@@H](O)C2)n1. The van der Waals surface area contributed by atoms with Gasteiger partial charge in [-0.1, -0.05) is 0 Å². The fourth-order valence-electron chi connectivity index (χ4n) is 1.63. The van der Waals surface area contributed by atoms with Crippen LogP contribution in [0.15, 0.2) is 6.07 Å². The summed E-state index contributed by atoms with van der Waals surface area (Å²) in [5.74, 6) is 1.71. The van der Waals surface area contributed by atoms with Crippen molar-refractivity contribution >= 4 is 28.4 Å². The standard InChI is InChI=1S/C9H12IN3O/c1-6-11-8(10)4-9(12-6)13-3-2-7(14)5-13/h4,7,14H,2-3,5H2,1H3/t7-/m1/s1. The van der Waals surface area contributed by atoms with E-state index in [-0.39, 0.29) is 6.10 Å². The van der Waals surface area contributed by atoms with E-state index in [2.05, 4.69) is 37.5 Å². The van der Waals surface area contributed by atoms with Crippen molar-refractivity contribution in [2.75, 3.05) is 18.0 Å². The van der Waals surface area contributed by atoms with E-state index in [9.17, 15) is 5.11 Å². The minimum Gasteiger partial charge on any atom is -0.391 e.